The Hall–Kier alpha value is -3.68. The lowest BCUT2D eigenvalue weighted by Gasteiger charge is -2.10. The number of aryl methyl sites for hydroxylation is 2. The largest absolute Gasteiger partial charge is 0.456 e. The molecule has 2 aromatic carbocycles. The Morgan fingerprint density at radius 3 is 2.31 bits per heavy atom. The van der Waals surface area contributed by atoms with Crippen LogP contribution < -0.4 is 16.2 Å². The van der Waals surface area contributed by atoms with Crippen LogP contribution in [0.15, 0.2) is 48.5 Å². The molecule has 0 radical (unpaired) electrons. The molecule has 8 nitrogen and oxygen atoms in total. The van der Waals surface area contributed by atoms with E-state index in [0.29, 0.717) is 11.3 Å². The number of carbonyl (C=O) groups is 4. The van der Waals surface area contributed by atoms with Crippen LogP contribution in [0, 0.1) is 13.8 Å². The molecule has 0 aliphatic carbocycles. The van der Waals surface area contributed by atoms with Crippen LogP contribution >= 0.6 is 0 Å². The third-order valence-corrected chi connectivity index (χ3v) is 3.94. The number of benzene rings is 2. The first-order chi connectivity index (χ1) is 13.8. The predicted molar refractivity (Wildman–Crippen MR) is 107 cm³/mol. The van der Waals surface area contributed by atoms with Crippen molar-refractivity contribution in [2.24, 2.45) is 0 Å². The average Bonchev–Trinajstić information content (AvgIpc) is 2.72. The minimum Gasteiger partial charge on any atom is -0.456 e. The van der Waals surface area contributed by atoms with Gasteiger partial charge in [0.1, 0.15) is 0 Å². The number of hydrogen-bond acceptors (Lipinski definition) is 5. The molecule has 0 aliphatic heterocycles. The number of nitrogens with one attached hydrogen (secondary N) is 3. The summed E-state index contributed by atoms with van der Waals surface area (Å²) in [5, 5.41) is 2.68. The fraction of sp³-hybridized carbons (Fsp3) is 0.238. The minimum atomic E-state index is -0.689. The number of amides is 3. The number of hydrogen-bond donors (Lipinski definition) is 3. The fourth-order valence-electron chi connectivity index (χ4n) is 2.34. The molecule has 0 aliphatic rings. The van der Waals surface area contributed by atoms with Gasteiger partial charge in [-0.15, -0.1) is 0 Å². The lowest BCUT2D eigenvalue weighted by atomic mass is 10.1. The molecule has 0 saturated carbocycles. The van der Waals surface area contributed by atoms with E-state index in [4.69, 9.17) is 4.74 Å². The number of rotatable bonds is 7. The van der Waals surface area contributed by atoms with Crippen LogP contribution in [-0.4, -0.2) is 30.3 Å². The van der Waals surface area contributed by atoms with Crippen molar-refractivity contribution >= 4 is 29.4 Å². The molecule has 0 unspecified atom stereocenters. The van der Waals surface area contributed by atoms with E-state index in [1.165, 1.54) is 0 Å². The van der Waals surface area contributed by atoms with Crippen molar-refractivity contribution in [2.45, 2.75) is 26.7 Å². The van der Waals surface area contributed by atoms with Crippen molar-refractivity contribution in [3.05, 3.63) is 65.2 Å². The molecular formula is C21H23N3O5. The van der Waals surface area contributed by atoms with Crippen molar-refractivity contribution in [2.75, 3.05) is 11.9 Å². The van der Waals surface area contributed by atoms with Crippen molar-refractivity contribution in [3.8, 4) is 0 Å². The molecule has 2 rings (SSSR count). The number of carbonyl (C=O) groups excluding carboxylic acids is 4. The van der Waals surface area contributed by atoms with Gasteiger partial charge in [-0.25, -0.2) is 0 Å². The van der Waals surface area contributed by atoms with E-state index >= 15 is 0 Å². The van der Waals surface area contributed by atoms with Gasteiger partial charge in [-0.05, 0) is 43.2 Å². The second kappa shape index (κ2) is 10.6. The molecule has 0 bridgehead atoms. The molecule has 0 spiro atoms. The highest BCUT2D eigenvalue weighted by Gasteiger charge is 2.12. The molecule has 0 fully saturated rings. The minimum absolute atomic E-state index is 0.188. The Morgan fingerprint density at radius 1 is 0.862 bits per heavy atom. The summed E-state index contributed by atoms with van der Waals surface area (Å²) in [5.41, 5.74) is 7.40. The van der Waals surface area contributed by atoms with Crippen molar-refractivity contribution in [1.82, 2.24) is 10.9 Å². The molecule has 0 saturated heterocycles. The number of anilines is 1. The third kappa shape index (κ3) is 7.45. The first kappa shape index (κ1) is 21.6. The molecule has 2 aromatic rings. The SMILES string of the molecule is Cc1ccc(C)c(NC(=O)COC(=O)CCC(=O)NNC(=O)c2ccccc2)c1. The molecule has 3 amide bonds. The second-order valence-electron chi connectivity index (χ2n) is 6.40. The van der Waals surface area contributed by atoms with E-state index < -0.39 is 30.3 Å². The normalized spacial score (nSPS) is 10.0. The summed E-state index contributed by atoms with van der Waals surface area (Å²) >= 11 is 0. The molecule has 0 heterocycles. The summed E-state index contributed by atoms with van der Waals surface area (Å²) in [7, 11) is 0. The van der Waals surface area contributed by atoms with Gasteiger partial charge in [0.2, 0.25) is 5.91 Å². The Bertz CT molecular complexity index is 896. The highest BCUT2D eigenvalue weighted by molar-refractivity contribution is 5.96. The van der Waals surface area contributed by atoms with Crippen molar-refractivity contribution in [3.63, 3.8) is 0 Å². The van der Waals surface area contributed by atoms with Crippen LogP contribution in [0.2, 0.25) is 0 Å². The Kier molecular flexibility index (Phi) is 7.90. The highest BCUT2D eigenvalue weighted by Crippen LogP contribution is 2.16. The van der Waals surface area contributed by atoms with Gasteiger partial charge in [0.25, 0.3) is 11.8 Å². The Balaban J connectivity index is 1.66. The first-order valence-corrected chi connectivity index (χ1v) is 9.02. The van der Waals surface area contributed by atoms with Crippen LogP contribution in [-0.2, 0) is 19.1 Å². The Morgan fingerprint density at radius 2 is 1.59 bits per heavy atom. The fourth-order valence-corrected chi connectivity index (χ4v) is 2.34. The zero-order chi connectivity index (χ0) is 21.2. The van der Waals surface area contributed by atoms with E-state index in [1.807, 2.05) is 32.0 Å². The second-order valence-corrected chi connectivity index (χ2v) is 6.40. The zero-order valence-electron chi connectivity index (χ0n) is 16.3. The summed E-state index contributed by atoms with van der Waals surface area (Å²) in [4.78, 5) is 47.1. The average molecular weight is 397 g/mol. The van der Waals surface area contributed by atoms with Crippen LogP contribution in [0.4, 0.5) is 5.69 Å². The lowest BCUT2D eigenvalue weighted by Crippen LogP contribution is -2.41. The maximum Gasteiger partial charge on any atom is 0.306 e. The summed E-state index contributed by atoms with van der Waals surface area (Å²) in [5.74, 6) is -2.17. The molecule has 152 valence electrons. The van der Waals surface area contributed by atoms with Gasteiger partial charge in [0.15, 0.2) is 6.61 Å². The van der Waals surface area contributed by atoms with Crippen LogP contribution in [0.3, 0.4) is 0 Å². The van der Waals surface area contributed by atoms with E-state index in [1.54, 1.807) is 30.3 Å². The summed E-state index contributed by atoms with van der Waals surface area (Å²) in [6, 6.07) is 14.0. The van der Waals surface area contributed by atoms with Gasteiger partial charge in [0.05, 0.1) is 6.42 Å². The van der Waals surface area contributed by atoms with Crippen LogP contribution in [0.1, 0.15) is 34.3 Å². The standard InChI is InChI=1S/C21H23N3O5/c1-14-8-9-15(2)17(12-14)22-19(26)13-29-20(27)11-10-18(25)23-24-21(28)16-6-4-3-5-7-16/h3-9,12H,10-11,13H2,1-2H3,(H,22,26)(H,23,25)(H,24,28). The zero-order valence-corrected chi connectivity index (χ0v) is 16.3. The molecule has 8 heteroatoms. The smallest absolute Gasteiger partial charge is 0.306 e. The third-order valence-electron chi connectivity index (χ3n) is 3.94. The van der Waals surface area contributed by atoms with Gasteiger partial charge in [-0.2, -0.15) is 0 Å². The van der Waals surface area contributed by atoms with E-state index in [2.05, 4.69) is 16.2 Å². The van der Waals surface area contributed by atoms with E-state index in [0.717, 1.165) is 11.1 Å². The van der Waals surface area contributed by atoms with Crippen molar-refractivity contribution < 1.29 is 23.9 Å². The molecule has 0 aromatic heterocycles. The van der Waals surface area contributed by atoms with E-state index in [-0.39, 0.29) is 12.8 Å². The molecular weight excluding hydrogens is 374 g/mol. The van der Waals surface area contributed by atoms with Gasteiger partial charge in [-0.1, -0.05) is 30.3 Å². The topological polar surface area (TPSA) is 114 Å². The molecule has 29 heavy (non-hydrogen) atoms. The van der Waals surface area contributed by atoms with Crippen LogP contribution in [0.5, 0.6) is 0 Å². The molecule has 0 atom stereocenters. The number of ether oxygens (including phenoxy) is 1. The van der Waals surface area contributed by atoms with Gasteiger partial charge >= 0.3 is 5.97 Å². The predicted octanol–water partition coefficient (Wildman–Crippen LogP) is 2.03. The maximum atomic E-state index is 11.9. The molecule has 3 N–H and O–H groups in total. The summed E-state index contributed by atoms with van der Waals surface area (Å²) in [6.07, 6.45) is -0.406. The first-order valence-electron chi connectivity index (χ1n) is 9.02. The summed E-state index contributed by atoms with van der Waals surface area (Å²) < 4.78 is 4.87. The van der Waals surface area contributed by atoms with Gasteiger partial charge in [0, 0.05) is 17.7 Å². The summed E-state index contributed by atoms with van der Waals surface area (Å²) in [6.45, 7) is 3.32. The highest BCUT2D eigenvalue weighted by atomic mass is 16.5. The lowest BCUT2D eigenvalue weighted by molar-refractivity contribution is -0.148. The monoisotopic (exact) mass is 397 g/mol. The maximum absolute atomic E-state index is 11.9. The Labute approximate surface area is 168 Å². The van der Waals surface area contributed by atoms with Crippen molar-refractivity contribution in [1.29, 1.82) is 0 Å². The number of esters is 1. The van der Waals surface area contributed by atoms with Gasteiger partial charge in [-0.3, -0.25) is 30.0 Å². The quantitative estimate of drug-likeness (QED) is 0.489. The van der Waals surface area contributed by atoms with Gasteiger partial charge < -0.3 is 10.1 Å². The van der Waals surface area contributed by atoms with E-state index in [9.17, 15) is 19.2 Å². The number of hydrazine groups is 1. The van der Waals surface area contributed by atoms with Crippen LogP contribution in [0.25, 0.3) is 0 Å².